The van der Waals surface area contributed by atoms with Crippen LogP contribution < -0.4 is 10.7 Å². The first kappa shape index (κ1) is 17.0. The monoisotopic (exact) mass is 335 g/mol. The first-order valence-corrected chi connectivity index (χ1v) is 7.40. The average Bonchev–Trinajstić information content (AvgIpc) is 2.41. The number of carbonyl (C=O) groups is 1. The fourth-order valence-corrected chi connectivity index (χ4v) is 2.00. The summed E-state index contributed by atoms with van der Waals surface area (Å²) >= 11 is 5.87. The van der Waals surface area contributed by atoms with Crippen molar-refractivity contribution in [3.8, 4) is 5.69 Å². The molecule has 0 aliphatic rings. The second kappa shape index (κ2) is 6.42. The molecule has 2 aromatic rings. The van der Waals surface area contributed by atoms with Crippen molar-refractivity contribution in [3.05, 3.63) is 51.3 Å². The Labute approximate surface area is 139 Å². The van der Waals surface area contributed by atoms with Gasteiger partial charge < -0.3 is 4.74 Å². The fraction of sp³-hybridized carbons (Fsp3) is 0.312. The van der Waals surface area contributed by atoms with Gasteiger partial charge >= 0.3 is 6.09 Å². The Bertz CT molecular complexity index is 777. The van der Waals surface area contributed by atoms with Gasteiger partial charge in [-0.3, -0.25) is 10.1 Å². The molecule has 7 heteroatoms. The van der Waals surface area contributed by atoms with Crippen molar-refractivity contribution in [3.63, 3.8) is 0 Å². The maximum absolute atomic E-state index is 12.0. The molecule has 6 nitrogen and oxygen atoms in total. The maximum Gasteiger partial charge on any atom is 0.413 e. The van der Waals surface area contributed by atoms with E-state index in [2.05, 4.69) is 10.4 Å². The van der Waals surface area contributed by atoms with Crippen LogP contribution in [0.5, 0.6) is 0 Å². The molecule has 1 aromatic heterocycles. The van der Waals surface area contributed by atoms with Gasteiger partial charge in [-0.15, -0.1) is 5.10 Å². The van der Waals surface area contributed by atoms with Crippen molar-refractivity contribution in [2.45, 2.75) is 33.3 Å². The molecular weight excluding hydrogens is 318 g/mol. The van der Waals surface area contributed by atoms with Crippen molar-refractivity contribution >= 4 is 23.5 Å². The van der Waals surface area contributed by atoms with Crippen LogP contribution in [0.3, 0.4) is 0 Å². The smallest absolute Gasteiger partial charge is 0.413 e. The number of carbonyl (C=O) groups excluding carboxylic acids is 1. The van der Waals surface area contributed by atoms with E-state index in [9.17, 15) is 9.59 Å². The summed E-state index contributed by atoms with van der Waals surface area (Å²) in [5.74, 6) is -0.0974. The molecule has 1 heterocycles. The van der Waals surface area contributed by atoms with E-state index < -0.39 is 17.1 Å². The first-order valence-electron chi connectivity index (χ1n) is 7.03. The molecule has 23 heavy (non-hydrogen) atoms. The van der Waals surface area contributed by atoms with Crippen LogP contribution in [0.4, 0.5) is 10.6 Å². The van der Waals surface area contributed by atoms with Crippen LogP contribution in [-0.2, 0) is 4.74 Å². The van der Waals surface area contributed by atoms with Gasteiger partial charge in [0.05, 0.1) is 5.69 Å². The van der Waals surface area contributed by atoms with E-state index in [0.29, 0.717) is 10.7 Å². The van der Waals surface area contributed by atoms with E-state index >= 15 is 0 Å². The molecule has 0 bridgehead atoms. The number of amides is 1. The lowest BCUT2D eigenvalue weighted by atomic mass is 10.2. The van der Waals surface area contributed by atoms with Crippen LogP contribution in [0.1, 0.15) is 26.5 Å². The Kier molecular flexibility index (Phi) is 4.75. The first-order chi connectivity index (χ1) is 10.7. The Balaban J connectivity index is 2.35. The fourth-order valence-electron chi connectivity index (χ4n) is 1.88. The van der Waals surface area contributed by atoms with Crippen molar-refractivity contribution in [2.24, 2.45) is 0 Å². The molecule has 0 saturated heterocycles. The SMILES string of the molecule is Cc1cc(=O)c(NC(=O)OC(C)(C)C)nn1-c1ccc(Cl)cc1. The third-order valence-corrected chi connectivity index (χ3v) is 3.05. The lowest BCUT2D eigenvalue weighted by molar-refractivity contribution is 0.0635. The van der Waals surface area contributed by atoms with Gasteiger partial charge in [0.25, 0.3) is 0 Å². The molecule has 0 spiro atoms. The molecule has 0 aliphatic carbocycles. The van der Waals surface area contributed by atoms with Gasteiger partial charge in [-0.2, -0.15) is 0 Å². The van der Waals surface area contributed by atoms with Crippen LogP contribution >= 0.6 is 11.6 Å². The minimum absolute atomic E-state index is 0.0974. The highest BCUT2D eigenvalue weighted by molar-refractivity contribution is 6.30. The molecule has 122 valence electrons. The summed E-state index contributed by atoms with van der Waals surface area (Å²) in [7, 11) is 0. The average molecular weight is 336 g/mol. The number of nitrogens with one attached hydrogen (secondary N) is 1. The van der Waals surface area contributed by atoms with Gasteiger partial charge in [0, 0.05) is 16.8 Å². The Hall–Kier alpha value is -2.34. The Morgan fingerprint density at radius 2 is 1.87 bits per heavy atom. The molecule has 1 amide bonds. The number of halogens is 1. The van der Waals surface area contributed by atoms with Crippen LogP contribution in [-0.4, -0.2) is 21.5 Å². The molecule has 0 atom stereocenters. The van der Waals surface area contributed by atoms with Gasteiger partial charge in [-0.1, -0.05) is 11.6 Å². The van der Waals surface area contributed by atoms with E-state index in [0.717, 1.165) is 5.69 Å². The highest BCUT2D eigenvalue weighted by Gasteiger charge is 2.18. The van der Waals surface area contributed by atoms with Crippen molar-refractivity contribution < 1.29 is 9.53 Å². The summed E-state index contributed by atoms with van der Waals surface area (Å²) in [6.45, 7) is 6.96. The number of benzene rings is 1. The lowest BCUT2D eigenvalue weighted by Crippen LogP contribution is -2.30. The van der Waals surface area contributed by atoms with E-state index in [-0.39, 0.29) is 5.82 Å². The van der Waals surface area contributed by atoms with Crippen LogP contribution in [0, 0.1) is 6.92 Å². The number of hydrogen-bond acceptors (Lipinski definition) is 4. The molecule has 1 aromatic carbocycles. The van der Waals surface area contributed by atoms with Gasteiger partial charge in [-0.25, -0.2) is 9.48 Å². The van der Waals surface area contributed by atoms with Crippen molar-refractivity contribution in [1.29, 1.82) is 0 Å². The minimum Gasteiger partial charge on any atom is -0.444 e. The normalized spacial score (nSPS) is 11.2. The molecule has 0 unspecified atom stereocenters. The van der Waals surface area contributed by atoms with Crippen molar-refractivity contribution in [2.75, 3.05) is 5.32 Å². The maximum atomic E-state index is 12.0. The van der Waals surface area contributed by atoms with Crippen molar-refractivity contribution in [1.82, 2.24) is 9.78 Å². The Morgan fingerprint density at radius 1 is 1.26 bits per heavy atom. The molecule has 0 aliphatic heterocycles. The topological polar surface area (TPSA) is 73.2 Å². The zero-order chi connectivity index (χ0) is 17.2. The van der Waals surface area contributed by atoms with Crippen LogP contribution in [0.2, 0.25) is 5.02 Å². The number of aryl methyl sites for hydroxylation is 1. The molecular formula is C16H18ClN3O3. The number of hydrogen-bond donors (Lipinski definition) is 1. The Morgan fingerprint density at radius 3 is 2.43 bits per heavy atom. The second-order valence-electron chi connectivity index (χ2n) is 6.01. The van der Waals surface area contributed by atoms with Gasteiger partial charge in [0.2, 0.25) is 11.2 Å². The quantitative estimate of drug-likeness (QED) is 0.911. The summed E-state index contributed by atoms with van der Waals surface area (Å²) in [4.78, 5) is 23.8. The second-order valence-corrected chi connectivity index (χ2v) is 6.45. The van der Waals surface area contributed by atoms with E-state index in [1.54, 1.807) is 56.6 Å². The lowest BCUT2D eigenvalue weighted by Gasteiger charge is -2.19. The number of ether oxygens (including phenoxy) is 1. The summed E-state index contributed by atoms with van der Waals surface area (Å²) in [5, 5.41) is 7.17. The summed E-state index contributed by atoms with van der Waals surface area (Å²) < 4.78 is 6.68. The standard InChI is InChI=1S/C16H18ClN3O3/c1-10-9-13(21)14(18-15(22)23-16(2,3)4)19-20(10)12-7-5-11(17)6-8-12/h5-9H,1-4H3,(H,18,19,22). The van der Waals surface area contributed by atoms with Gasteiger partial charge in [0.1, 0.15) is 5.60 Å². The number of aromatic nitrogens is 2. The predicted molar refractivity (Wildman–Crippen MR) is 89.4 cm³/mol. The predicted octanol–water partition coefficient (Wildman–Crippen LogP) is 3.54. The van der Waals surface area contributed by atoms with Crippen LogP contribution in [0.15, 0.2) is 35.1 Å². The van der Waals surface area contributed by atoms with E-state index in [1.165, 1.54) is 6.07 Å². The molecule has 0 fully saturated rings. The van der Waals surface area contributed by atoms with E-state index in [1.807, 2.05) is 0 Å². The summed E-state index contributed by atoms with van der Waals surface area (Å²) in [5.41, 5.74) is 0.300. The highest BCUT2D eigenvalue weighted by atomic mass is 35.5. The highest BCUT2D eigenvalue weighted by Crippen LogP contribution is 2.15. The molecule has 0 saturated carbocycles. The number of anilines is 1. The number of nitrogens with zero attached hydrogens (tertiary/aromatic N) is 2. The molecule has 0 radical (unpaired) electrons. The zero-order valence-corrected chi connectivity index (χ0v) is 14.1. The third kappa shape index (κ3) is 4.56. The largest absolute Gasteiger partial charge is 0.444 e. The summed E-state index contributed by atoms with van der Waals surface area (Å²) in [6.07, 6.45) is -0.728. The van der Waals surface area contributed by atoms with E-state index in [4.69, 9.17) is 16.3 Å². The molecule has 2 rings (SSSR count). The third-order valence-electron chi connectivity index (χ3n) is 2.80. The van der Waals surface area contributed by atoms with Gasteiger partial charge in [-0.05, 0) is 52.0 Å². The molecule has 1 N–H and O–H groups in total. The summed E-state index contributed by atoms with van der Waals surface area (Å²) in [6, 6.07) is 8.37. The van der Waals surface area contributed by atoms with Crippen LogP contribution in [0.25, 0.3) is 5.69 Å². The minimum atomic E-state index is -0.728. The van der Waals surface area contributed by atoms with Gasteiger partial charge in [0.15, 0.2) is 0 Å². The zero-order valence-electron chi connectivity index (χ0n) is 13.4. The number of rotatable bonds is 2.